The van der Waals surface area contributed by atoms with Gasteiger partial charge in [-0.25, -0.2) is 9.97 Å². The second-order valence-corrected chi connectivity index (χ2v) is 7.34. The van der Waals surface area contributed by atoms with Crippen LogP contribution in [0.2, 0.25) is 10.3 Å². The summed E-state index contributed by atoms with van der Waals surface area (Å²) in [7, 11) is 3.35. The van der Waals surface area contributed by atoms with Gasteiger partial charge in [-0.15, -0.1) is 0 Å². The molecule has 7 nitrogen and oxygen atoms in total. The predicted molar refractivity (Wildman–Crippen MR) is 98.4 cm³/mol. The van der Waals surface area contributed by atoms with Crippen molar-refractivity contribution in [2.24, 2.45) is 7.05 Å². The molecule has 1 aliphatic rings. The molecule has 2 aromatic rings. The minimum absolute atomic E-state index is 0.226. The molecule has 0 N–H and O–H groups in total. The van der Waals surface area contributed by atoms with Gasteiger partial charge in [0, 0.05) is 39.3 Å². The number of piperazine rings is 1. The number of esters is 1. The van der Waals surface area contributed by atoms with Crippen LogP contribution in [-0.4, -0.2) is 64.2 Å². The van der Waals surface area contributed by atoms with Gasteiger partial charge >= 0.3 is 5.97 Å². The van der Waals surface area contributed by atoms with Crippen LogP contribution in [-0.2, 0) is 16.6 Å². The molecule has 25 heavy (non-hydrogen) atoms. The van der Waals surface area contributed by atoms with Crippen molar-refractivity contribution in [2.75, 3.05) is 38.2 Å². The van der Waals surface area contributed by atoms with E-state index in [-0.39, 0.29) is 5.97 Å². The number of fused-ring (bicyclic) bond motifs is 1. The van der Waals surface area contributed by atoms with Gasteiger partial charge in [-0.1, -0.05) is 23.2 Å². The summed E-state index contributed by atoms with van der Waals surface area (Å²) < 4.78 is 6.89. The van der Waals surface area contributed by atoms with Gasteiger partial charge in [-0.2, -0.15) is 0 Å². The Bertz CT molecular complexity index is 812. The third-order valence-electron chi connectivity index (χ3n) is 4.81. The summed E-state index contributed by atoms with van der Waals surface area (Å²) in [4.78, 5) is 25.0. The largest absolute Gasteiger partial charge is 0.468 e. The van der Waals surface area contributed by atoms with Crippen molar-refractivity contribution in [3.05, 3.63) is 16.4 Å². The lowest BCUT2D eigenvalue weighted by Crippen LogP contribution is -2.58. The number of imidazole rings is 1. The molecule has 1 fully saturated rings. The zero-order valence-electron chi connectivity index (χ0n) is 14.7. The maximum absolute atomic E-state index is 12.0. The van der Waals surface area contributed by atoms with E-state index in [4.69, 9.17) is 27.9 Å². The lowest BCUT2D eigenvalue weighted by Gasteiger charge is -2.42. The van der Waals surface area contributed by atoms with Crippen molar-refractivity contribution in [3.8, 4) is 0 Å². The number of hydrogen-bond donors (Lipinski definition) is 0. The van der Waals surface area contributed by atoms with Gasteiger partial charge in [0.05, 0.1) is 12.6 Å². The van der Waals surface area contributed by atoms with Crippen LogP contribution >= 0.6 is 23.2 Å². The van der Waals surface area contributed by atoms with Crippen molar-refractivity contribution in [3.63, 3.8) is 0 Å². The van der Waals surface area contributed by atoms with E-state index in [1.165, 1.54) is 7.11 Å². The van der Waals surface area contributed by atoms with E-state index in [0.29, 0.717) is 15.8 Å². The van der Waals surface area contributed by atoms with Crippen molar-refractivity contribution in [2.45, 2.75) is 19.4 Å². The molecule has 9 heteroatoms. The smallest absolute Gasteiger partial charge is 0.325 e. The first-order chi connectivity index (χ1) is 11.8. The van der Waals surface area contributed by atoms with Gasteiger partial charge in [-0.3, -0.25) is 9.69 Å². The molecule has 0 aliphatic carbocycles. The molecule has 1 saturated heterocycles. The van der Waals surface area contributed by atoms with E-state index in [9.17, 15) is 4.79 Å². The van der Waals surface area contributed by atoms with Gasteiger partial charge < -0.3 is 14.2 Å². The Balaban J connectivity index is 1.82. The lowest BCUT2D eigenvalue weighted by molar-refractivity contribution is -0.153. The number of carbonyl (C=O) groups is 1. The average Bonchev–Trinajstić information content (AvgIpc) is 2.91. The molecule has 0 unspecified atom stereocenters. The van der Waals surface area contributed by atoms with Crippen LogP contribution in [0.25, 0.3) is 11.0 Å². The number of carbonyl (C=O) groups excluding carboxylic acids is 1. The van der Waals surface area contributed by atoms with Crippen LogP contribution in [0.5, 0.6) is 0 Å². The maximum atomic E-state index is 12.0. The fourth-order valence-electron chi connectivity index (χ4n) is 3.23. The van der Waals surface area contributed by atoms with Gasteiger partial charge in [0.25, 0.3) is 0 Å². The molecule has 136 valence electrons. The van der Waals surface area contributed by atoms with Crippen LogP contribution < -0.4 is 4.90 Å². The summed E-state index contributed by atoms with van der Waals surface area (Å²) in [6.07, 6.45) is 0. The van der Waals surface area contributed by atoms with Crippen LogP contribution in [0.4, 0.5) is 5.95 Å². The molecule has 3 heterocycles. The summed E-state index contributed by atoms with van der Waals surface area (Å²) in [5.41, 5.74) is 0.840. The molecular weight excluding hydrogens is 365 g/mol. The predicted octanol–water partition coefficient (Wildman–Crippen LogP) is 2.35. The van der Waals surface area contributed by atoms with Gasteiger partial charge in [0.1, 0.15) is 16.2 Å². The van der Waals surface area contributed by atoms with E-state index in [0.717, 1.165) is 37.6 Å². The van der Waals surface area contributed by atoms with Crippen LogP contribution in [0.15, 0.2) is 6.07 Å². The van der Waals surface area contributed by atoms with Crippen molar-refractivity contribution in [1.29, 1.82) is 0 Å². The van der Waals surface area contributed by atoms with Crippen LogP contribution in [0.1, 0.15) is 13.8 Å². The zero-order valence-corrected chi connectivity index (χ0v) is 16.2. The number of rotatable bonds is 3. The number of hydrogen-bond acceptors (Lipinski definition) is 6. The van der Waals surface area contributed by atoms with Crippen LogP contribution in [0.3, 0.4) is 0 Å². The normalized spacial score (nSPS) is 16.5. The number of halogens is 2. The first-order valence-corrected chi connectivity index (χ1v) is 8.78. The standard InChI is InChI=1S/C16H21Cl2N5O2/c1-16(2,14(24)25-4)23-7-5-22(6-8-23)15-20-12-10(21(15)3)9-11(17)19-13(12)18/h9H,5-8H2,1-4H3. The number of aromatic nitrogens is 3. The summed E-state index contributed by atoms with van der Waals surface area (Å²) in [5.74, 6) is 0.590. The third kappa shape index (κ3) is 3.16. The van der Waals surface area contributed by atoms with E-state index >= 15 is 0 Å². The summed E-state index contributed by atoms with van der Waals surface area (Å²) in [6.45, 7) is 6.73. The van der Waals surface area contributed by atoms with E-state index < -0.39 is 5.54 Å². The van der Waals surface area contributed by atoms with E-state index in [2.05, 4.69) is 19.8 Å². The van der Waals surface area contributed by atoms with Crippen molar-refractivity contribution >= 4 is 46.2 Å². The second kappa shape index (κ2) is 6.63. The van der Waals surface area contributed by atoms with Crippen LogP contribution in [0, 0.1) is 0 Å². The Kier molecular flexibility index (Phi) is 4.83. The molecule has 1 aliphatic heterocycles. The highest BCUT2D eigenvalue weighted by Crippen LogP contribution is 2.29. The van der Waals surface area contributed by atoms with Gasteiger partial charge in [0.2, 0.25) is 5.95 Å². The molecular formula is C16H21Cl2N5O2. The van der Waals surface area contributed by atoms with E-state index in [1.807, 2.05) is 25.5 Å². The van der Waals surface area contributed by atoms with Crippen molar-refractivity contribution in [1.82, 2.24) is 19.4 Å². The fourth-order valence-corrected chi connectivity index (χ4v) is 3.70. The van der Waals surface area contributed by atoms with Gasteiger partial charge in [0.15, 0.2) is 5.15 Å². The lowest BCUT2D eigenvalue weighted by atomic mass is 10.0. The maximum Gasteiger partial charge on any atom is 0.325 e. The Morgan fingerprint density at radius 2 is 1.84 bits per heavy atom. The van der Waals surface area contributed by atoms with Crippen molar-refractivity contribution < 1.29 is 9.53 Å². The molecule has 3 rings (SSSR count). The highest BCUT2D eigenvalue weighted by molar-refractivity contribution is 6.36. The number of ether oxygens (including phenoxy) is 1. The molecule has 0 atom stereocenters. The highest BCUT2D eigenvalue weighted by atomic mass is 35.5. The molecule has 0 aromatic carbocycles. The first-order valence-electron chi connectivity index (χ1n) is 8.02. The first kappa shape index (κ1) is 18.2. The number of aryl methyl sites for hydroxylation is 1. The molecule has 0 amide bonds. The van der Waals surface area contributed by atoms with E-state index in [1.54, 1.807) is 6.07 Å². The number of methoxy groups -OCH3 is 1. The summed E-state index contributed by atoms with van der Waals surface area (Å²) >= 11 is 12.2. The molecule has 0 bridgehead atoms. The third-order valence-corrected chi connectivity index (χ3v) is 5.27. The number of nitrogens with zero attached hydrogens (tertiary/aromatic N) is 5. The Morgan fingerprint density at radius 1 is 1.20 bits per heavy atom. The Morgan fingerprint density at radius 3 is 2.44 bits per heavy atom. The second-order valence-electron chi connectivity index (χ2n) is 6.60. The molecule has 0 spiro atoms. The highest BCUT2D eigenvalue weighted by Gasteiger charge is 2.37. The Labute approximate surface area is 156 Å². The minimum atomic E-state index is -0.645. The SMILES string of the molecule is COC(=O)C(C)(C)N1CCN(c2nc3c(Cl)nc(Cl)cc3n2C)CC1. The fraction of sp³-hybridized carbons (Fsp3) is 0.562. The Hall–Kier alpha value is -1.57. The number of anilines is 1. The quantitative estimate of drug-likeness (QED) is 0.596. The average molecular weight is 386 g/mol. The van der Waals surface area contributed by atoms with Gasteiger partial charge in [-0.05, 0) is 13.8 Å². The topological polar surface area (TPSA) is 63.5 Å². The molecule has 0 saturated carbocycles. The monoisotopic (exact) mass is 385 g/mol. The molecule has 2 aromatic heterocycles. The summed E-state index contributed by atoms with van der Waals surface area (Å²) in [5, 5.41) is 0.645. The zero-order chi connectivity index (χ0) is 18.4. The molecule has 0 radical (unpaired) electrons. The summed E-state index contributed by atoms with van der Waals surface area (Å²) in [6, 6.07) is 1.76. The minimum Gasteiger partial charge on any atom is -0.468 e. The number of pyridine rings is 1.